The Morgan fingerprint density at radius 1 is 1.41 bits per heavy atom. The van der Waals surface area contributed by atoms with Gasteiger partial charge in [-0.2, -0.15) is 0 Å². The Balaban J connectivity index is 0.00000441. The number of nitrogens with one attached hydrogen (secondary N) is 2. The summed E-state index contributed by atoms with van der Waals surface area (Å²) in [5.41, 5.74) is 6.43. The molecule has 6 nitrogen and oxygen atoms in total. The first-order valence-corrected chi connectivity index (χ1v) is 7.16. The maximum atomic E-state index is 11.0. The van der Waals surface area contributed by atoms with E-state index in [2.05, 4.69) is 22.5 Å². The van der Waals surface area contributed by atoms with E-state index in [9.17, 15) is 4.79 Å². The number of benzene rings is 1. The normalized spacial score (nSPS) is 10.5. The number of guanidine groups is 1. The van der Waals surface area contributed by atoms with E-state index in [-0.39, 0.29) is 29.9 Å². The molecular formula is C15H25IN4O2. The van der Waals surface area contributed by atoms with Gasteiger partial charge in [0, 0.05) is 25.2 Å². The molecule has 0 heterocycles. The van der Waals surface area contributed by atoms with E-state index < -0.39 is 0 Å². The molecule has 0 bridgehead atoms. The molecule has 0 aliphatic carbocycles. The monoisotopic (exact) mass is 420 g/mol. The zero-order chi connectivity index (χ0) is 15.5. The van der Waals surface area contributed by atoms with Crippen LogP contribution in [-0.4, -0.2) is 31.6 Å². The van der Waals surface area contributed by atoms with Gasteiger partial charge in [-0.1, -0.05) is 19.4 Å². The Kier molecular flexibility index (Phi) is 11.2. The van der Waals surface area contributed by atoms with Crippen molar-refractivity contribution in [2.45, 2.75) is 26.7 Å². The molecule has 0 saturated heterocycles. The summed E-state index contributed by atoms with van der Waals surface area (Å²) in [6, 6.07) is 7.25. The Morgan fingerprint density at radius 2 is 2.18 bits per heavy atom. The van der Waals surface area contributed by atoms with E-state index in [1.54, 1.807) is 6.07 Å². The van der Waals surface area contributed by atoms with Gasteiger partial charge in [-0.15, -0.1) is 24.0 Å². The van der Waals surface area contributed by atoms with Crippen molar-refractivity contribution in [2.24, 2.45) is 10.7 Å². The average molecular weight is 420 g/mol. The number of unbranched alkanes of at least 4 members (excludes halogenated alkanes) is 1. The smallest absolute Gasteiger partial charge is 0.221 e. The first kappa shape index (κ1) is 20.5. The molecule has 0 spiro atoms. The molecule has 4 N–H and O–H groups in total. The van der Waals surface area contributed by atoms with Gasteiger partial charge < -0.3 is 21.1 Å². The molecule has 1 rings (SSSR count). The second-order valence-electron chi connectivity index (χ2n) is 4.60. The van der Waals surface area contributed by atoms with Crippen LogP contribution in [0.2, 0.25) is 0 Å². The molecule has 0 aromatic heterocycles. The van der Waals surface area contributed by atoms with Crippen molar-refractivity contribution >= 4 is 41.5 Å². The predicted octanol–water partition coefficient (Wildman–Crippen LogP) is 2.35. The zero-order valence-electron chi connectivity index (χ0n) is 13.1. The summed E-state index contributed by atoms with van der Waals surface area (Å²) in [6.45, 7) is 5.37. The fraction of sp³-hybridized carbons (Fsp3) is 0.467. The van der Waals surface area contributed by atoms with Gasteiger partial charge in [0.25, 0.3) is 0 Å². The molecule has 1 aromatic rings. The summed E-state index contributed by atoms with van der Waals surface area (Å²) in [5, 5.41) is 5.70. The van der Waals surface area contributed by atoms with Crippen molar-refractivity contribution in [2.75, 3.05) is 25.0 Å². The molecule has 22 heavy (non-hydrogen) atoms. The third-order valence-corrected chi connectivity index (χ3v) is 2.63. The topological polar surface area (TPSA) is 88.7 Å². The van der Waals surface area contributed by atoms with Crippen LogP contribution >= 0.6 is 24.0 Å². The van der Waals surface area contributed by atoms with Gasteiger partial charge >= 0.3 is 0 Å². The number of anilines is 1. The number of hydrogen-bond acceptors (Lipinski definition) is 3. The van der Waals surface area contributed by atoms with Crippen molar-refractivity contribution in [1.82, 2.24) is 5.32 Å². The van der Waals surface area contributed by atoms with Gasteiger partial charge in [0.2, 0.25) is 5.91 Å². The van der Waals surface area contributed by atoms with Gasteiger partial charge in [-0.05, 0) is 18.6 Å². The maximum absolute atomic E-state index is 11.0. The van der Waals surface area contributed by atoms with Crippen LogP contribution in [0.25, 0.3) is 0 Å². The summed E-state index contributed by atoms with van der Waals surface area (Å²) in [7, 11) is 0. The van der Waals surface area contributed by atoms with E-state index in [4.69, 9.17) is 10.5 Å². The van der Waals surface area contributed by atoms with Crippen LogP contribution in [0.15, 0.2) is 29.3 Å². The third kappa shape index (κ3) is 9.43. The number of carbonyl (C=O) groups excluding carboxylic acids is 1. The molecule has 0 atom stereocenters. The first-order valence-electron chi connectivity index (χ1n) is 7.16. The van der Waals surface area contributed by atoms with Gasteiger partial charge in [-0.3, -0.25) is 9.79 Å². The van der Waals surface area contributed by atoms with E-state index in [1.807, 2.05) is 18.2 Å². The average Bonchev–Trinajstić information content (AvgIpc) is 2.44. The van der Waals surface area contributed by atoms with Gasteiger partial charge in [0.05, 0.1) is 6.54 Å². The number of ether oxygens (including phenoxy) is 1. The highest BCUT2D eigenvalue weighted by Crippen LogP contribution is 2.16. The molecule has 1 aromatic carbocycles. The molecular weight excluding hydrogens is 395 g/mol. The number of hydrogen-bond donors (Lipinski definition) is 3. The minimum atomic E-state index is -0.107. The van der Waals surface area contributed by atoms with Crippen LogP contribution in [0.4, 0.5) is 5.69 Å². The van der Waals surface area contributed by atoms with Crippen LogP contribution in [0.3, 0.4) is 0 Å². The second-order valence-corrected chi connectivity index (χ2v) is 4.60. The van der Waals surface area contributed by atoms with Crippen molar-refractivity contribution < 1.29 is 9.53 Å². The molecule has 0 aliphatic rings. The molecule has 124 valence electrons. The molecule has 0 aliphatic heterocycles. The lowest BCUT2D eigenvalue weighted by Crippen LogP contribution is -2.34. The van der Waals surface area contributed by atoms with Crippen LogP contribution in [0.1, 0.15) is 26.7 Å². The van der Waals surface area contributed by atoms with E-state index >= 15 is 0 Å². The fourth-order valence-corrected chi connectivity index (χ4v) is 1.63. The highest BCUT2D eigenvalue weighted by Gasteiger charge is 1.99. The van der Waals surface area contributed by atoms with Gasteiger partial charge in [0.1, 0.15) is 12.4 Å². The predicted molar refractivity (Wildman–Crippen MR) is 101 cm³/mol. The number of amides is 1. The summed E-state index contributed by atoms with van der Waals surface area (Å²) >= 11 is 0. The highest BCUT2D eigenvalue weighted by molar-refractivity contribution is 14.0. The van der Waals surface area contributed by atoms with Crippen molar-refractivity contribution in [1.29, 1.82) is 0 Å². The van der Waals surface area contributed by atoms with E-state index in [0.717, 1.165) is 19.4 Å². The number of carbonyl (C=O) groups is 1. The summed E-state index contributed by atoms with van der Waals surface area (Å²) < 4.78 is 5.58. The Morgan fingerprint density at radius 3 is 2.86 bits per heavy atom. The van der Waals surface area contributed by atoms with Crippen LogP contribution in [0, 0.1) is 0 Å². The molecule has 0 unspecified atom stereocenters. The van der Waals surface area contributed by atoms with E-state index in [1.165, 1.54) is 6.92 Å². The summed E-state index contributed by atoms with van der Waals surface area (Å²) in [6.07, 6.45) is 2.14. The minimum Gasteiger partial charge on any atom is -0.492 e. The lowest BCUT2D eigenvalue weighted by molar-refractivity contribution is -0.114. The number of halogens is 1. The Hall–Kier alpha value is -1.51. The van der Waals surface area contributed by atoms with Crippen LogP contribution in [-0.2, 0) is 4.79 Å². The molecule has 0 fully saturated rings. The molecule has 0 radical (unpaired) electrons. The van der Waals surface area contributed by atoms with Gasteiger partial charge in [-0.25, -0.2) is 0 Å². The number of rotatable bonds is 8. The first-order chi connectivity index (χ1) is 10.1. The number of nitrogens with zero attached hydrogens (tertiary/aromatic N) is 1. The Bertz CT molecular complexity index is 480. The SMILES string of the molecule is CCCCN=C(N)NCCOc1cccc(NC(C)=O)c1.I. The summed E-state index contributed by atoms with van der Waals surface area (Å²) in [4.78, 5) is 15.2. The maximum Gasteiger partial charge on any atom is 0.221 e. The summed E-state index contributed by atoms with van der Waals surface area (Å²) in [5.74, 6) is 1.04. The van der Waals surface area contributed by atoms with Gasteiger partial charge in [0.15, 0.2) is 5.96 Å². The van der Waals surface area contributed by atoms with Crippen molar-refractivity contribution in [3.63, 3.8) is 0 Å². The molecule has 7 heteroatoms. The van der Waals surface area contributed by atoms with Crippen molar-refractivity contribution in [3.8, 4) is 5.75 Å². The third-order valence-electron chi connectivity index (χ3n) is 2.63. The molecule has 1 amide bonds. The second kappa shape index (κ2) is 12.1. The standard InChI is InChI=1S/C15H24N4O2.HI/c1-3-4-8-17-15(16)18-9-10-21-14-7-5-6-13(11-14)19-12(2)20;/h5-7,11H,3-4,8-10H2,1-2H3,(H,19,20)(H3,16,17,18);1H. The number of nitrogens with two attached hydrogens (primary N) is 1. The van der Waals surface area contributed by atoms with Crippen LogP contribution < -0.4 is 21.1 Å². The number of aliphatic imine (C=N–C) groups is 1. The van der Waals surface area contributed by atoms with Crippen LogP contribution in [0.5, 0.6) is 5.75 Å². The fourth-order valence-electron chi connectivity index (χ4n) is 1.63. The lowest BCUT2D eigenvalue weighted by Gasteiger charge is -2.09. The quantitative estimate of drug-likeness (QED) is 0.261. The lowest BCUT2D eigenvalue weighted by atomic mass is 10.3. The minimum absolute atomic E-state index is 0. The highest BCUT2D eigenvalue weighted by atomic mass is 127. The zero-order valence-corrected chi connectivity index (χ0v) is 15.4. The van der Waals surface area contributed by atoms with E-state index in [0.29, 0.717) is 30.5 Å². The molecule has 0 saturated carbocycles. The largest absolute Gasteiger partial charge is 0.492 e. The van der Waals surface area contributed by atoms with Crippen molar-refractivity contribution in [3.05, 3.63) is 24.3 Å². The Labute approximate surface area is 148 Å².